The van der Waals surface area contributed by atoms with Crippen molar-refractivity contribution in [2.45, 2.75) is 23.2 Å². The van der Waals surface area contributed by atoms with Crippen molar-refractivity contribution in [1.29, 1.82) is 0 Å². The third-order valence-electron chi connectivity index (χ3n) is 5.34. The minimum absolute atomic E-state index is 0.0553. The van der Waals surface area contributed by atoms with Gasteiger partial charge in [0.1, 0.15) is 17.5 Å². The third kappa shape index (κ3) is 2.66. The van der Waals surface area contributed by atoms with E-state index in [1.165, 1.54) is 27.3 Å². The lowest BCUT2D eigenvalue weighted by Crippen LogP contribution is -2.32. The first-order chi connectivity index (χ1) is 13.2. The predicted molar refractivity (Wildman–Crippen MR) is 99.3 cm³/mol. The first-order valence-corrected chi connectivity index (χ1v) is 10.1. The van der Waals surface area contributed by atoms with Crippen LogP contribution in [0, 0.1) is 0 Å². The number of carbonyl (C=O) groups is 1. The van der Waals surface area contributed by atoms with Crippen molar-refractivity contribution in [3.63, 3.8) is 0 Å². The molecule has 2 aromatic heterocycles. The molecule has 1 aliphatic carbocycles. The van der Waals surface area contributed by atoms with Crippen LogP contribution in [0.3, 0.4) is 0 Å². The van der Waals surface area contributed by atoms with Crippen LogP contribution >= 0.6 is 0 Å². The molecule has 0 saturated heterocycles. The molecule has 1 fully saturated rings. The highest BCUT2D eigenvalue weighted by atomic mass is 32.2. The van der Waals surface area contributed by atoms with Gasteiger partial charge >= 0.3 is 5.69 Å². The zero-order chi connectivity index (χ0) is 20.3. The van der Waals surface area contributed by atoms with Crippen LogP contribution in [0.5, 0.6) is 0 Å². The second-order valence-corrected chi connectivity index (χ2v) is 8.73. The molecule has 4 rings (SSSR count). The van der Waals surface area contributed by atoms with Crippen molar-refractivity contribution in [2.24, 2.45) is 19.8 Å². The number of imidazole rings is 1. The molecule has 2 heterocycles. The maximum absolute atomic E-state index is 12.7. The maximum Gasteiger partial charge on any atom is 0.328 e. The number of carbonyl (C=O) groups excluding carboxylic acids is 1. The van der Waals surface area contributed by atoms with Crippen molar-refractivity contribution in [2.75, 3.05) is 6.54 Å². The van der Waals surface area contributed by atoms with Gasteiger partial charge in [-0.15, -0.1) is 0 Å². The molecule has 0 spiro atoms. The zero-order valence-corrected chi connectivity index (χ0v) is 16.1. The van der Waals surface area contributed by atoms with Gasteiger partial charge in [0.25, 0.3) is 15.9 Å². The SMILES string of the molecule is Cn1c(=O)n(C)c2cc(S(=O)(=O)NC(=O)c3conc3C3(CN)CC3)ccc21. The predicted octanol–water partition coefficient (Wildman–Crippen LogP) is -0.0260. The summed E-state index contributed by atoms with van der Waals surface area (Å²) in [6.07, 6.45) is 2.66. The Hall–Kier alpha value is -2.92. The van der Waals surface area contributed by atoms with Crippen LogP contribution in [0.2, 0.25) is 0 Å². The highest BCUT2D eigenvalue weighted by Gasteiger charge is 2.48. The first kappa shape index (κ1) is 18.4. The van der Waals surface area contributed by atoms with Crippen LogP contribution in [0.1, 0.15) is 28.9 Å². The van der Waals surface area contributed by atoms with E-state index in [1.807, 2.05) is 4.72 Å². The fraction of sp³-hybridized carbons (Fsp3) is 0.353. The van der Waals surface area contributed by atoms with Gasteiger partial charge in [-0.3, -0.25) is 13.9 Å². The highest BCUT2D eigenvalue weighted by Crippen LogP contribution is 2.47. The minimum atomic E-state index is -4.17. The van der Waals surface area contributed by atoms with E-state index in [4.69, 9.17) is 10.3 Å². The average Bonchev–Trinajstić information content (AvgIpc) is 3.25. The Bertz CT molecular complexity index is 1260. The molecule has 0 aliphatic heterocycles. The van der Waals surface area contributed by atoms with E-state index in [0.29, 0.717) is 23.3 Å². The fourth-order valence-electron chi connectivity index (χ4n) is 3.36. The standard InChI is InChI=1S/C17H19N5O5S/c1-21-12-4-3-10(7-13(12)22(2)16(21)24)28(25,26)20-15(23)11-8-27-19-14(11)17(9-18)5-6-17/h3-4,7-8H,5-6,9,18H2,1-2H3,(H,20,23). The third-order valence-corrected chi connectivity index (χ3v) is 6.67. The number of nitrogens with two attached hydrogens (primary N) is 1. The van der Waals surface area contributed by atoms with Crippen molar-refractivity contribution < 1.29 is 17.7 Å². The molecule has 0 atom stereocenters. The van der Waals surface area contributed by atoms with E-state index in [0.717, 1.165) is 19.1 Å². The first-order valence-electron chi connectivity index (χ1n) is 8.58. The van der Waals surface area contributed by atoms with Gasteiger partial charge in [0.05, 0.1) is 15.9 Å². The molecule has 0 unspecified atom stereocenters. The number of hydrogen-bond acceptors (Lipinski definition) is 7. The topological polar surface area (TPSA) is 142 Å². The van der Waals surface area contributed by atoms with Crippen molar-refractivity contribution in [1.82, 2.24) is 19.0 Å². The Balaban J connectivity index is 1.68. The van der Waals surface area contributed by atoms with Gasteiger partial charge in [-0.25, -0.2) is 17.9 Å². The Kier molecular flexibility index (Phi) is 3.98. The number of aryl methyl sites for hydroxylation is 2. The van der Waals surface area contributed by atoms with Crippen LogP contribution in [0.25, 0.3) is 11.0 Å². The molecule has 1 aliphatic rings. The second kappa shape index (κ2) is 6.04. The van der Waals surface area contributed by atoms with Gasteiger partial charge < -0.3 is 10.3 Å². The summed E-state index contributed by atoms with van der Waals surface area (Å²) >= 11 is 0. The normalized spacial score (nSPS) is 15.7. The minimum Gasteiger partial charge on any atom is -0.364 e. The maximum atomic E-state index is 12.7. The molecule has 1 saturated carbocycles. The van der Waals surface area contributed by atoms with Gasteiger partial charge in [-0.05, 0) is 31.0 Å². The van der Waals surface area contributed by atoms with Crippen molar-refractivity contribution >= 4 is 27.0 Å². The number of amides is 1. The summed E-state index contributed by atoms with van der Waals surface area (Å²) < 4.78 is 35.2. The second-order valence-electron chi connectivity index (χ2n) is 7.05. The van der Waals surface area contributed by atoms with Crippen LogP contribution in [-0.2, 0) is 29.5 Å². The van der Waals surface area contributed by atoms with Gasteiger partial charge in [0.2, 0.25) is 0 Å². The molecule has 11 heteroatoms. The molecule has 0 radical (unpaired) electrons. The fourth-order valence-corrected chi connectivity index (χ4v) is 4.34. The molecule has 10 nitrogen and oxygen atoms in total. The summed E-state index contributed by atoms with van der Waals surface area (Å²) in [7, 11) is -1.03. The van der Waals surface area contributed by atoms with Gasteiger partial charge in [-0.2, -0.15) is 0 Å². The lowest BCUT2D eigenvalue weighted by atomic mass is 9.99. The Morgan fingerprint density at radius 2 is 1.96 bits per heavy atom. The molecule has 3 aromatic rings. The number of fused-ring (bicyclic) bond motifs is 1. The smallest absolute Gasteiger partial charge is 0.328 e. The van der Waals surface area contributed by atoms with Crippen molar-refractivity contribution in [3.05, 3.63) is 46.2 Å². The van der Waals surface area contributed by atoms with Crippen molar-refractivity contribution in [3.8, 4) is 0 Å². The number of nitrogens with zero attached hydrogens (tertiary/aromatic N) is 3. The summed E-state index contributed by atoms with van der Waals surface area (Å²) in [5.41, 5.74) is 6.52. The molecular weight excluding hydrogens is 386 g/mol. The number of hydrogen-bond donors (Lipinski definition) is 2. The average molecular weight is 405 g/mol. The molecule has 148 valence electrons. The van der Waals surface area contributed by atoms with Crippen LogP contribution in [0.4, 0.5) is 0 Å². The largest absolute Gasteiger partial charge is 0.364 e. The molecule has 1 amide bonds. The van der Waals surface area contributed by atoms with E-state index in [1.54, 1.807) is 14.1 Å². The summed E-state index contributed by atoms with van der Waals surface area (Å²) in [4.78, 5) is 24.5. The van der Waals surface area contributed by atoms with E-state index in [2.05, 4.69) is 5.16 Å². The lowest BCUT2D eigenvalue weighted by Gasteiger charge is -2.11. The molecular formula is C17H19N5O5S. The Morgan fingerprint density at radius 1 is 1.29 bits per heavy atom. The summed E-state index contributed by atoms with van der Waals surface area (Å²) in [5, 5.41) is 3.86. The lowest BCUT2D eigenvalue weighted by molar-refractivity contribution is 0.0979. The van der Waals surface area contributed by atoms with Gasteiger partial charge in [0, 0.05) is 26.1 Å². The Labute approximate surface area is 160 Å². The van der Waals surface area contributed by atoms with Crippen LogP contribution < -0.4 is 16.1 Å². The van der Waals surface area contributed by atoms with Crippen LogP contribution in [-0.4, -0.2) is 35.2 Å². The van der Waals surface area contributed by atoms with E-state index in [9.17, 15) is 18.0 Å². The van der Waals surface area contributed by atoms with Gasteiger partial charge in [0.15, 0.2) is 0 Å². The molecule has 1 aromatic carbocycles. The zero-order valence-electron chi connectivity index (χ0n) is 15.3. The van der Waals surface area contributed by atoms with Crippen LogP contribution in [0.15, 0.2) is 38.7 Å². The van der Waals surface area contributed by atoms with E-state index >= 15 is 0 Å². The number of aromatic nitrogens is 3. The Morgan fingerprint density at radius 3 is 2.61 bits per heavy atom. The monoisotopic (exact) mass is 405 g/mol. The summed E-state index contributed by atoms with van der Waals surface area (Å²) in [6.45, 7) is 0.297. The number of benzene rings is 1. The summed E-state index contributed by atoms with van der Waals surface area (Å²) in [6, 6.07) is 4.21. The van der Waals surface area contributed by atoms with Gasteiger partial charge in [-0.1, -0.05) is 5.16 Å². The quantitative estimate of drug-likeness (QED) is 0.607. The number of sulfonamides is 1. The summed E-state index contributed by atoms with van der Waals surface area (Å²) in [5.74, 6) is -0.835. The van der Waals surface area contributed by atoms with E-state index in [-0.39, 0.29) is 16.1 Å². The van der Waals surface area contributed by atoms with E-state index < -0.39 is 21.3 Å². The molecule has 3 N–H and O–H groups in total. The highest BCUT2D eigenvalue weighted by molar-refractivity contribution is 7.90. The number of rotatable bonds is 5. The number of nitrogens with one attached hydrogen (secondary N) is 1. The molecule has 28 heavy (non-hydrogen) atoms. The molecule has 0 bridgehead atoms.